The van der Waals surface area contributed by atoms with Crippen molar-refractivity contribution in [3.63, 3.8) is 0 Å². The first-order chi connectivity index (χ1) is 16.4. The quantitative estimate of drug-likeness (QED) is 0.470. The normalized spacial score (nSPS) is 16.1. The van der Waals surface area contributed by atoms with E-state index in [-0.39, 0.29) is 27.3 Å². The average molecular weight is 496 g/mol. The number of aliphatic hydroxyl groups is 1. The van der Waals surface area contributed by atoms with Crippen LogP contribution in [0.2, 0.25) is 0 Å². The van der Waals surface area contributed by atoms with Gasteiger partial charge in [0.25, 0.3) is 10.0 Å². The van der Waals surface area contributed by atoms with Crippen molar-refractivity contribution in [1.82, 2.24) is 0 Å². The molecule has 3 aromatic rings. The number of carbonyl (C=O) groups is 1. The van der Waals surface area contributed by atoms with Gasteiger partial charge >= 0.3 is 5.97 Å². The number of anilines is 1. The van der Waals surface area contributed by atoms with Crippen molar-refractivity contribution >= 4 is 27.4 Å². The lowest BCUT2D eigenvalue weighted by atomic mass is 9.90. The lowest BCUT2D eigenvalue weighted by Crippen LogP contribution is -2.42. The van der Waals surface area contributed by atoms with Gasteiger partial charge in [0.2, 0.25) is 0 Å². The SMILES string of the molecule is Cc1ccc(S(=O)(=O)N2c3ccccc3C(O)=C(C(=O)OC(C)(C)C)[C@H]2c2cccc(F)c2)cc1. The number of aliphatic hydroxyl groups excluding tert-OH is 1. The zero-order valence-corrected chi connectivity index (χ0v) is 20.6. The Morgan fingerprint density at radius 2 is 1.66 bits per heavy atom. The number of halogens is 1. The van der Waals surface area contributed by atoms with Crippen molar-refractivity contribution < 1.29 is 27.4 Å². The summed E-state index contributed by atoms with van der Waals surface area (Å²) < 4.78 is 49.1. The second-order valence-electron chi connectivity index (χ2n) is 9.35. The molecule has 0 saturated heterocycles. The fraction of sp³-hybridized carbons (Fsp3) is 0.222. The number of fused-ring (bicyclic) bond motifs is 1. The number of carbonyl (C=O) groups excluding carboxylic acids is 1. The minimum Gasteiger partial charge on any atom is -0.507 e. The molecule has 1 aliphatic heterocycles. The molecule has 0 saturated carbocycles. The van der Waals surface area contributed by atoms with Crippen LogP contribution in [0.5, 0.6) is 0 Å². The molecule has 182 valence electrons. The van der Waals surface area contributed by atoms with Crippen LogP contribution in [0, 0.1) is 12.7 Å². The zero-order chi connectivity index (χ0) is 25.5. The molecule has 3 aromatic carbocycles. The van der Waals surface area contributed by atoms with Crippen molar-refractivity contribution in [2.75, 3.05) is 4.31 Å². The number of sulfonamides is 1. The predicted molar refractivity (Wildman–Crippen MR) is 132 cm³/mol. The first-order valence-corrected chi connectivity index (χ1v) is 12.5. The van der Waals surface area contributed by atoms with Crippen LogP contribution < -0.4 is 4.31 Å². The molecule has 6 nitrogen and oxygen atoms in total. The van der Waals surface area contributed by atoms with Gasteiger partial charge in [0.1, 0.15) is 28.8 Å². The molecular weight excluding hydrogens is 469 g/mol. The third kappa shape index (κ3) is 4.66. The van der Waals surface area contributed by atoms with Crippen molar-refractivity contribution in [3.8, 4) is 0 Å². The minimum absolute atomic E-state index is 0.00997. The number of para-hydroxylation sites is 1. The van der Waals surface area contributed by atoms with Gasteiger partial charge < -0.3 is 9.84 Å². The van der Waals surface area contributed by atoms with Crippen LogP contribution >= 0.6 is 0 Å². The summed E-state index contributed by atoms with van der Waals surface area (Å²) in [7, 11) is -4.28. The molecule has 8 heteroatoms. The molecule has 1 N–H and O–H groups in total. The van der Waals surface area contributed by atoms with Gasteiger partial charge in [-0.15, -0.1) is 0 Å². The van der Waals surface area contributed by atoms with E-state index < -0.39 is 39.2 Å². The molecule has 1 aliphatic rings. The summed E-state index contributed by atoms with van der Waals surface area (Å²) >= 11 is 0. The lowest BCUT2D eigenvalue weighted by Gasteiger charge is -2.39. The largest absolute Gasteiger partial charge is 0.507 e. The number of hydrogen-bond acceptors (Lipinski definition) is 5. The van der Waals surface area contributed by atoms with Gasteiger partial charge in [0, 0.05) is 5.56 Å². The Balaban J connectivity index is 2.05. The minimum atomic E-state index is -4.28. The standard InChI is InChI=1S/C27H26FNO5S/c1-17-12-14-20(15-13-17)35(32,33)29-22-11-6-5-10-21(22)25(30)23(26(31)34-27(2,3)4)24(29)18-8-7-9-19(28)16-18/h5-16,24,30H,1-4H3/t24-/m1/s1. The van der Waals surface area contributed by atoms with E-state index in [9.17, 15) is 22.7 Å². The molecule has 4 rings (SSSR count). The van der Waals surface area contributed by atoms with Crippen LogP contribution in [-0.2, 0) is 19.6 Å². The van der Waals surface area contributed by atoms with Gasteiger partial charge in [-0.1, -0.05) is 42.0 Å². The number of hydrogen-bond donors (Lipinski definition) is 1. The van der Waals surface area contributed by atoms with Gasteiger partial charge in [0.05, 0.1) is 10.6 Å². The van der Waals surface area contributed by atoms with Crippen LogP contribution in [-0.4, -0.2) is 25.1 Å². The van der Waals surface area contributed by atoms with E-state index >= 15 is 0 Å². The van der Waals surface area contributed by atoms with E-state index in [4.69, 9.17) is 4.74 Å². The molecule has 0 radical (unpaired) electrons. The van der Waals surface area contributed by atoms with Crippen LogP contribution in [0.1, 0.15) is 43.5 Å². The van der Waals surface area contributed by atoms with Crippen LogP contribution in [0.3, 0.4) is 0 Å². The monoisotopic (exact) mass is 495 g/mol. The number of ether oxygens (including phenoxy) is 1. The summed E-state index contributed by atoms with van der Waals surface area (Å²) in [6.45, 7) is 6.83. The third-order valence-electron chi connectivity index (χ3n) is 5.52. The Morgan fingerprint density at radius 1 is 1.00 bits per heavy atom. The summed E-state index contributed by atoms with van der Waals surface area (Å²) in [5, 5.41) is 11.2. The summed E-state index contributed by atoms with van der Waals surface area (Å²) in [5.41, 5.74) is 0.136. The van der Waals surface area contributed by atoms with Crippen molar-refractivity contribution in [3.05, 3.63) is 101 Å². The van der Waals surface area contributed by atoms with Crippen molar-refractivity contribution in [2.24, 2.45) is 0 Å². The Bertz CT molecular complexity index is 1420. The molecule has 0 spiro atoms. The second-order valence-corrected chi connectivity index (χ2v) is 11.2. The maximum Gasteiger partial charge on any atom is 0.340 e. The third-order valence-corrected chi connectivity index (χ3v) is 7.31. The predicted octanol–water partition coefficient (Wildman–Crippen LogP) is 5.70. The van der Waals surface area contributed by atoms with E-state index in [0.717, 1.165) is 15.9 Å². The fourth-order valence-electron chi connectivity index (χ4n) is 4.01. The Morgan fingerprint density at radius 3 is 2.29 bits per heavy atom. The second kappa shape index (κ2) is 8.85. The summed E-state index contributed by atoms with van der Waals surface area (Å²) in [6, 6.07) is 16.5. The molecule has 0 aromatic heterocycles. The highest BCUT2D eigenvalue weighted by Crippen LogP contribution is 2.47. The maximum absolute atomic E-state index is 14.3. The Hall–Kier alpha value is -3.65. The maximum atomic E-state index is 14.3. The molecule has 35 heavy (non-hydrogen) atoms. The lowest BCUT2D eigenvalue weighted by molar-refractivity contribution is -0.150. The highest BCUT2D eigenvalue weighted by Gasteiger charge is 2.45. The first-order valence-electron chi connectivity index (χ1n) is 11.0. The first kappa shape index (κ1) is 24.5. The summed E-state index contributed by atoms with van der Waals surface area (Å²) in [4.78, 5) is 13.4. The number of benzene rings is 3. The van der Waals surface area contributed by atoms with E-state index in [2.05, 4.69) is 0 Å². The van der Waals surface area contributed by atoms with Crippen LogP contribution in [0.25, 0.3) is 5.76 Å². The number of esters is 1. The molecule has 0 aliphatic carbocycles. The van der Waals surface area contributed by atoms with Gasteiger partial charge in [0.15, 0.2) is 0 Å². The van der Waals surface area contributed by atoms with Crippen molar-refractivity contribution in [2.45, 2.75) is 44.2 Å². The topological polar surface area (TPSA) is 83.9 Å². The molecule has 1 heterocycles. The van der Waals surface area contributed by atoms with Gasteiger partial charge in [-0.25, -0.2) is 17.6 Å². The smallest absolute Gasteiger partial charge is 0.340 e. The van der Waals surface area contributed by atoms with Crippen LogP contribution in [0.15, 0.2) is 83.3 Å². The molecule has 0 unspecified atom stereocenters. The highest BCUT2D eigenvalue weighted by molar-refractivity contribution is 7.92. The van der Waals surface area contributed by atoms with Crippen LogP contribution in [0.4, 0.5) is 10.1 Å². The summed E-state index contributed by atoms with van der Waals surface area (Å²) in [6.07, 6.45) is 0. The number of nitrogens with zero attached hydrogens (tertiary/aromatic N) is 1. The number of rotatable bonds is 4. The highest BCUT2D eigenvalue weighted by atomic mass is 32.2. The molecule has 0 bridgehead atoms. The fourth-order valence-corrected chi connectivity index (χ4v) is 5.64. The van der Waals surface area contributed by atoms with Gasteiger partial charge in [-0.2, -0.15) is 0 Å². The number of aryl methyl sites for hydroxylation is 1. The van der Waals surface area contributed by atoms with E-state index in [0.29, 0.717) is 0 Å². The summed E-state index contributed by atoms with van der Waals surface area (Å²) in [5.74, 6) is -1.93. The molecule has 0 amide bonds. The Labute approximate surface area is 204 Å². The van der Waals surface area contributed by atoms with E-state index in [1.165, 1.54) is 42.5 Å². The van der Waals surface area contributed by atoms with Gasteiger partial charge in [-0.3, -0.25) is 4.31 Å². The zero-order valence-electron chi connectivity index (χ0n) is 19.8. The van der Waals surface area contributed by atoms with E-state index in [1.54, 1.807) is 45.0 Å². The molecule has 1 atom stereocenters. The van der Waals surface area contributed by atoms with E-state index in [1.807, 2.05) is 6.92 Å². The Kier molecular flexibility index (Phi) is 6.19. The molecular formula is C27H26FNO5S. The molecule has 0 fully saturated rings. The average Bonchev–Trinajstić information content (AvgIpc) is 2.78. The van der Waals surface area contributed by atoms with Crippen molar-refractivity contribution in [1.29, 1.82) is 0 Å². The van der Waals surface area contributed by atoms with Gasteiger partial charge in [-0.05, 0) is 69.7 Å².